The van der Waals surface area contributed by atoms with Gasteiger partial charge in [-0.2, -0.15) is 0 Å². The Labute approximate surface area is 138 Å². The lowest BCUT2D eigenvalue weighted by Crippen LogP contribution is -2.31. The lowest BCUT2D eigenvalue weighted by Gasteiger charge is -2.05. The number of imidazole rings is 1. The van der Waals surface area contributed by atoms with Gasteiger partial charge in [-0.05, 0) is 43.0 Å². The van der Waals surface area contributed by atoms with Crippen LogP contribution in [0.5, 0.6) is 0 Å². The zero-order valence-electron chi connectivity index (χ0n) is 13.2. The summed E-state index contributed by atoms with van der Waals surface area (Å²) in [6.45, 7) is 0.444. The van der Waals surface area contributed by atoms with Crippen LogP contribution < -0.4 is 10.9 Å². The highest BCUT2D eigenvalue weighted by molar-refractivity contribution is 5.94. The van der Waals surface area contributed by atoms with Crippen molar-refractivity contribution in [3.8, 4) is 0 Å². The highest BCUT2D eigenvalue weighted by atomic mass is 16.2. The van der Waals surface area contributed by atoms with Crippen LogP contribution in [0.3, 0.4) is 0 Å². The zero-order chi connectivity index (χ0) is 16.5. The summed E-state index contributed by atoms with van der Waals surface area (Å²) in [7, 11) is 0. The summed E-state index contributed by atoms with van der Waals surface area (Å²) < 4.78 is 1.95. The fourth-order valence-electron chi connectivity index (χ4n) is 3.19. The van der Waals surface area contributed by atoms with Gasteiger partial charge in [-0.25, -0.2) is 4.98 Å². The number of H-pyrrole nitrogens is 1. The van der Waals surface area contributed by atoms with Crippen molar-refractivity contribution in [3.05, 3.63) is 69.5 Å². The second-order valence-corrected chi connectivity index (χ2v) is 6.07. The van der Waals surface area contributed by atoms with E-state index < -0.39 is 0 Å². The summed E-state index contributed by atoms with van der Waals surface area (Å²) in [5.74, 6) is -0.324. The molecule has 0 atom stereocenters. The number of aromatic amines is 1. The number of nitrogens with one attached hydrogen (secondary N) is 2. The van der Waals surface area contributed by atoms with Gasteiger partial charge in [0.2, 0.25) is 0 Å². The number of hydrogen-bond donors (Lipinski definition) is 2. The van der Waals surface area contributed by atoms with Crippen molar-refractivity contribution in [1.29, 1.82) is 0 Å². The van der Waals surface area contributed by atoms with Crippen molar-refractivity contribution in [2.75, 3.05) is 6.54 Å². The van der Waals surface area contributed by atoms with Gasteiger partial charge in [0.05, 0.1) is 5.69 Å². The molecule has 3 aromatic heterocycles. The maximum atomic E-state index is 12.3. The molecule has 0 saturated heterocycles. The Balaban J connectivity index is 1.42. The molecule has 0 saturated carbocycles. The van der Waals surface area contributed by atoms with Crippen LogP contribution in [0.4, 0.5) is 0 Å². The number of rotatable bonds is 4. The van der Waals surface area contributed by atoms with Crippen LogP contribution in [-0.4, -0.2) is 26.8 Å². The summed E-state index contributed by atoms with van der Waals surface area (Å²) in [6.07, 6.45) is 7.35. The highest BCUT2D eigenvalue weighted by Gasteiger charge is 2.17. The monoisotopic (exact) mass is 322 g/mol. The second-order valence-electron chi connectivity index (χ2n) is 6.07. The molecular weight excluding hydrogens is 304 g/mol. The standard InChI is InChI=1S/C18H18N4O2/c23-17(14-10-12-4-3-5-15(12)21-18(14)24)19-8-7-13-11-22-9-2-1-6-16(22)20-13/h1-2,6,9-11H,3-5,7-8H2,(H,19,23)(H,21,24). The number of carbonyl (C=O) groups is 1. The minimum atomic E-state index is -0.324. The third-order valence-electron chi connectivity index (χ3n) is 4.41. The molecule has 0 bridgehead atoms. The zero-order valence-corrected chi connectivity index (χ0v) is 13.2. The molecule has 0 radical (unpaired) electrons. The molecule has 6 nitrogen and oxygen atoms in total. The van der Waals surface area contributed by atoms with E-state index in [2.05, 4.69) is 15.3 Å². The summed E-state index contributed by atoms with van der Waals surface area (Å²) >= 11 is 0. The molecule has 0 unspecified atom stereocenters. The van der Waals surface area contributed by atoms with Gasteiger partial charge < -0.3 is 14.7 Å². The lowest BCUT2D eigenvalue weighted by atomic mass is 10.1. The van der Waals surface area contributed by atoms with Gasteiger partial charge in [0, 0.05) is 31.1 Å². The van der Waals surface area contributed by atoms with E-state index in [1.54, 1.807) is 6.07 Å². The topological polar surface area (TPSA) is 79.3 Å². The number of hydrogen-bond acceptors (Lipinski definition) is 3. The Morgan fingerprint density at radius 2 is 2.25 bits per heavy atom. The highest BCUT2D eigenvalue weighted by Crippen LogP contribution is 2.18. The van der Waals surface area contributed by atoms with E-state index >= 15 is 0 Å². The molecule has 4 rings (SSSR count). The van der Waals surface area contributed by atoms with E-state index in [1.165, 1.54) is 0 Å². The van der Waals surface area contributed by atoms with E-state index in [9.17, 15) is 9.59 Å². The van der Waals surface area contributed by atoms with E-state index in [0.29, 0.717) is 13.0 Å². The number of fused-ring (bicyclic) bond motifs is 2. The van der Waals surface area contributed by atoms with Gasteiger partial charge in [-0.15, -0.1) is 0 Å². The Hall–Kier alpha value is -2.89. The normalized spacial score (nSPS) is 13.2. The second kappa shape index (κ2) is 5.96. The molecule has 1 aliphatic carbocycles. The van der Waals surface area contributed by atoms with Gasteiger partial charge in [-0.3, -0.25) is 9.59 Å². The number of aryl methyl sites for hydroxylation is 2. The van der Waals surface area contributed by atoms with Gasteiger partial charge in [-0.1, -0.05) is 6.07 Å². The molecule has 122 valence electrons. The van der Waals surface area contributed by atoms with Crippen LogP contribution in [0, 0.1) is 0 Å². The maximum absolute atomic E-state index is 12.3. The Bertz CT molecular complexity index is 938. The largest absolute Gasteiger partial charge is 0.351 e. The first-order valence-corrected chi connectivity index (χ1v) is 8.16. The van der Waals surface area contributed by atoms with E-state index in [1.807, 2.05) is 35.0 Å². The van der Waals surface area contributed by atoms with Crippen molar-refractivity contribution in [1.82, 2.24) is 19.7 Å². The summed E-state index contributed by atoms with van der Waals surface area (Å²) in [5, 5.41) is 2.82. The van der Waals surface area contributed by atoms with Crippen molar-refractivity contribution in [2.45, 2.75) is 25.7 Å². The summed E-state index contributed by atoms with van der Waals surface area (Å²) in [6, 6.07) is 7.56. The van der Waals surface area contributed by atoms with Crippen LogP contribution in [0.25, 0.3) is 5.65 Å². The quantitative estimate of drug-likeness (QED) is 0.764. The van der Waals surface area contributed by atoms with Crippen molar-refractivity contribution >= 4 is 11.6 Å². The van der Waals surface area contributed by atoms with Crippen LogP contribution in [0.15, 0.2) is 41.5 Å². The number of amides is 1. The SMILES string of the molecule is O=C(NCCc1cn2ccccc2n1)c1cc2c([nH]c1=O)CCC2. The number of carbonyl (C=O) groups excluding carboxylic acids is 1. The van der Waals surface area contributed by atoms with Gasteiger partial charge in [0.1, 0.15) is 11.2 Å². The fourth-order valence-corrected chi connectivity index (χ4v) is 3.19. The third-order valence-corrected chi connectivity index (χ3v) is 4.41. The molecule has 0 spiro atoms. The minimum Gasteiger partial charge on any atom is -0.351 e. The van der Waals surface area contributed by atoms with E-state index in [0.717, 1.165) is 41.9 Å². The first kappa shape index (κ1) is 14.7. The van der Waals surface area contributed by atoms with Crippen LogP contribution in [-0.2, 0) is 19.3 Å². The fraction of sp³-hybridized carbons (Fsp3) is 0.278. The number of nitrogens with zero attached hydrogens (tertiary/aromatic N) is 2. The molecule has 0 aromatic carbocycles. The van der Waals surface area contributed by atoms with E-state index in [-0.39, 0.29) is 17.0 Å². The summed E-state index contributed by atoms with van der Waals surface area (Å²) in [4.78, 5) is 31.6. The lowest BCUT2D eigenvalue weighted by molar-refractivity contribution is 0.0952. The predicted octanol–water partition coefficient (Wildman–Crippen LogP) is 1.48. The minimum absolute atomic E-state index is 0.200. The van der Waals surface area contributed by atoms with Crippen LogP contribution in [0.1, 0.15) is 33.7 Å². The van der Waals surface area contributed by atoms with Crippen molar-refractivity contribution in [3.63, 3.8) is 0 Å². The molecule has 0 aliphatic heterocycles. The van der Waals surface area contributed by atoms with Crippen molar-refractivity contribution in [2.24, 2.45) is 0 Å². The molecule has 6 heteroatoms. The molecule has 1 amide bonds. The van der Waals surface area contributed by atoms with Gasteiger partial charge in [0.15, 0.2) is 0 Å². The number of aromatic nitrogens is 3. The molecule has 1 aliphatic rings. The van der Waals surface area contributed by atoms with Gasteiger partial charge >= 0.3 is 0 Å². The Kier molecular flexibility index (Phi) is 3.65. The van der Waals surface area contributed by atoms with Crippen LogP contribution >= 0.6 is 0 Å². The first-order valence-electron chi connectivity index (χ1n) is 8.16. The maximum Gasteiger partial charge on any atom is 0.261 e. The molecule has 0 fully saturated rings. The average Bonchev–Trinajstić information content (AvgIpc) is 3.19. The summed E-state index contributed by atoms with van der Waals surface area (Å²) in [5.41, 5.74) is 3.74. The Morgan fingerprint density at radius 3 is 3.12 bits per heavy atom. The molecular formula is C18H18N4O2. The Morgan fingerprint density at radius 1 is 1.33 bits per heavy atom. The smallest absolute Gasteiger partial charge is 0.261 e. The third kappa shape index (κ3) is 2.71. The first-order chi connectivity index (χ1) is 11.7. The molecule has 3 heterocycles. The number of pyridine rings is 2. The molecule has 2 N–H and O–H groups in total. The average molecular weight is 322 g/mol. The van der Waals surface area contributed by atoms with Gasteiger partial charge in [0.25, 0.3) is 11.5 Å². The molecule has 24 heavy (non-hydrogen) atoms. The van der Waals surface area contributed by atoms with Crippen LogP contribution in [0.2, 0.25) is 0 Å². The van der Waals surface area contributed by atoms with Crippen molar-refractivity contribution < 1.29 is 4.79 Å². The predicted molar refractivity (Wildman–Crippen MR) is 90.3 cm³/mol. The van der Waals surface area contributed by atoms with E-state index in [4.69, 9.17) is 0 Å². The molecule has 3 aromatic rings.